The number of carbonyl (C=O) groups excluding carboxylic acids is 1. The summed E-state index contributed by atoms with van der Waals surface area (Å²) in [7, 11) is 0. The maximum atomic E-state index is 11.9. The molecule has 0 radical (unpaired) electrons. The molecule has 0 atom stereocenters. The van der Waals surface area contributed by atoms with Crippen LogP contribution in [-0.2, 0) is 0 Å². The molecular weight excluding hydrogens is 176 g/mol. The highest BCUT2D eigenvalue weighted by Gasteiger charge is 2.40. The molecule has 2 rings (SSSR count). The molecule has 1 aromatic heterocycles. The third kappa shape index (κ3) is 1.44. The highest BCUT2D eigenvalue weighted by molar-refractivity contribution is 6.03. The molecule has 0 aromatic carbocycles. The van der Waals surface area contributed by atoms with Gasteiger partial charge in [0.1, 0.15) is 0 Å². The maximum Gasteiger partial charge on any atom is 0.184 e. The van der Waals surface area contributed by atoms with Gasteiger partial charge in [-0.2, -0.15) is 0 Å². The number of pyridine rings is 1. The van der Waals surface area contributed by atoms with E-state index in [0.29, 0.717) is 5.56 Å². The molecule has 1 aliphatic rings. The summed E-state index contributed by atoms with van der Waals surface area (Å²) in [6.45, 7) is 1.90. The molecule has 0 bridgehead atoms. The quantitative estimate of drug-likeness (QED) is 0.718. The summed E-state index contributed by atoms with van der Waals surface area (Å²) in [4.78, 5) is 16.0. The second-order valence-electron chi connectivity index (χ2n) is 4.03. The van der Waals surface area contributed by atoms with Gasteiger partial charge in [0, 0.05) is 17.5 Å². The van der Waals surface area contributed by atoms with Gasteiger partial charge in [0.05, 0.1) is 5.54 Å². The van der Waals surface area contributed by atoms with E-state index in [4.69, 9.17) is 5.73 Å². The highest BCUT2D eigenvalue weighted by atomic mass is 16.1. The topological polar surface area (TPSA) is 56.0 Å². The lowest BCUT2D eigenvalue weighted by molar-refractivity contribution is 0.0800. The fourth-order valence-corrected chi connectivity index (χ4v) is 1.67. The number of aryl methyl sites for hydroxylation is 1. The summed E-state index contributed by atoms with van der Waals surface area (Å²) in [6, 6.07) is 3.65. The summed E-state index contributed by atoms with van der Waals surface area (Å²) in [5.41, 5.74) is 6.89. The van der Waals surface area contributed by atoms with Gasteiger partial charge in [0.25, 0.3) is 0 Å². The number of nitrogens with zero attached hydrogens (tertiary/aromatic N) is 1. The zero-order valence-corrected chi connectivity index (χ0v) is 8.29. The lowest BCUT2D eigenvalue weighted by Crippen LogP contribution is -2.53. The van der Waals surface area contributed by atoms with Crippen molar-refractivity contribution in [3.05, 3.63) is 29.6 Å². The number of ketones is 1. The van der Waals surface area contributed by atoms with E-state index in [1.165, 1.54) is 0 Å². The zero-order chi connectivity index (χ0) is 10.2. The first-order chi connectivity index (χ1) is 6.62. The van der Waals surface area contributed by atoms with Gasteiger partial charge in [0.15, 0.2) is 5.78 Å². The van der Waals surface area contributed by atoms with Crippen molar-refractivity contribution >= 4 is 5.78 Å². The van der Waals surface area contributed by atoms with Gasteiger partial charge in [-0.3, -0.25) is 9.78 Å². The fourth-order valence-electron chi connectivity index (χ4n) is 1.67. The zero-order valence-electron chi connectivity index (χ0n) is 8.29. The number of Topliss-reactive ketones (excluding diaryl/α,β-unsaturated/α-hetero) is 1. The molecule has 1 aromatic rings. The molecule has 0 spiro atoms. The Hall–Kier alpha value is -1.22. The summed E-state index contributed by atoms with van der Waals surface area (Å²) in [6.07, 6.45) is 4.28. The van der Waals surface area contributed by atoms with Gasteiger partial charge < -0.3 is 5.73 Å². The number of rotatable bonds is 2. The number of hydrogen-bond donors (Lipinski definition) is 1. The van der Waals surface area contributed by atoms with E-state index >= 15 is 0 Å². The summed E-state index contributed by atoms with van der Waals surface area (Å²) in [5.74, 6) is 0.0382. The Labute approximate surface area is 83.3 Å². The molecule has 0 aliphatic heterocycles. The van der Waals surface area contributed by atoms with Crippen molar-refractivity contribution in [3.8, 4) is 0 Å². The number of hydrogen-bond acceptors (Lipinski definition) is 3. The molecular formula is C11H14N2O. The Morgan fingerprint density at radius 3 is 2.64 bits per heavy atom. The Kier molecular flexibility index (Phi) is 2.11. The third-order valence-electron chi connectivity index (χ3n) is 2.87. The molecule has 1 heterocycles. The van der Waals surface area contributed by atoms with Crippen molar-refractivity contribution < 1.29 is 4.79 Å². The largest absolute Gasteiger partial charge is 0.319 e. The molecule has 74 valence electrons. The van der Waals surface area contributed by atoms with Crippen LogP contribution in [0.2, 0.25) is 0 Å². The van der Waals surface area contributed by atoms with E-state index in [2.05, 4.69) is 4.98 Å². The van der Waals surface area contributed by atoms with Crippen LogP contribution in [0, 0.1) is 6.92 Å². The Morgan fingerprint density at radius 2 is 2.21 bits per heavy atom. The van der Waals surface area contributed by atoms with E-state index in [-0.39, 0.29) is 5.78 Å². The minimum Gasteiger partial charge on any atom is -0.319 e. The van der Waals surface area contributed by atoms with Crippen molar-refractivity contribution in [1.82, 2.24) is 4.98 Å². The van der Waals surface area contributed by atoms with Gasteiger partial charge in [-0.25, -0.2) is 0 Å². The summed E-state index contributed by atoms with van der Waals surface area (Å²) in [5, 5.41) is 0. The smallest absolute Gasteiger partial charge is 0.184 e. The molecule has 1 saturated carbocycles. The van der Waals surface area contributed by atoms with Crippen LogP contribution in [0.3, 0.4) is 0 Å². The van der Waals surface area contributed by atoms with Crippen molar-refractivity contribution in [2.75, 3.05) is 0 Å². The molecule has 0 saturated heterocycles. The van der Waals surface area contributed by atoms with Gasteiger partial charge in [-0.15, -0.1) is 0 Å². The summed E-state index contributed by atoms with van der Waals surface area (Å²) >= 11 is 0. The minimum absolute atomic E-state index is 0.0382. The molecule has 1 aliphatic carbocycles. The molecule has 3 nitrogen and oxygen atoms in total. The van der Waals surface area contributed by atoms with E-state index in [1.54, 1.807) is 12.3 Å². The molecule has 3 heteroatoms. The predicted molar refractivity (Wildman–Crippen MR) is 54.1 cm³/mol. The van der Waals surface area contributed by atoms with Crippen molar-refractivity contribution in [1.29, 1.82) is 0 Å². The molecule has 0 unspecified atom stereocenters. The van der Waals surface area contributed by atoms with E-state index < -0.39 is 5.54 Å². The van der Waals surface area contributed by atoms with Crippen LogP contribution in [0.4, 0.5) is 0 Å². The molecule has 2 N–H and O–H groups in total. The van der Waals surface area contributed by atoms with Gasteiger partial charge >= 0.3 is 0 Å². The Morgan fingerprint density at radius 1 is 1.50 bits per heavy atom. The molecule has 1 fully saturated rings. The number of nitrogens with two attached hydrogens (primary N) is 1. The van der Waals surface area contributed by atoms with Gasteiger partial charge in [-0.1, -0.05) is 0 Å². The SMILES string of the molecule is Cc1ccc(C(=O)C2(N)CCC2)cn1. The van der Waals surface area contributed by atoms with Crippen LogP contribution in [0.15, 0.2) is 18.3 Å². The van der Waals surface area contributed by atoms with E-state index in [9.17, 15) is 4.79 Å². The minimum atomic E-state index is -0.600. The normalized spacial score (nSPS) is 18.7. The average molecular weight is 190 g/mol. The van der Waals surface area contributed by atoms with Crippen LogP contribution in [0.1, 0.15) is 35.3 Å². The first-order valence-corrected chi connectivity index (χ1v) is 4.88. The maximum absolute atomic E-state index is 11.9. The Balaban J connectivity index is 2.23. The Bertz CT molecular complexity index is 352. The third-order valence-corrected chi connectivity index (χ3v) is 2.87. The second kappa shape index (κ2) is 3.17. The first-order valence-electron chi connectivity index (χ1n) is 4.88. The highest BCUT2D eigenvalue weighted by Crippen LogP contribution is 2.32. The standard InChI is InChI=1S/C11H14N2O/c1-8-3-4-9(7-13-8)10(14)11(12)5-2-6-11/h3-4,7H,2,5-6,12H2,1H3. The average Bonchev–Trinajstić information content (AvgIpc) is 2.14. The van der Waals surface area contributed by atoms with E-state index in [1.807, 2.05) is 13.0 Å². The van der Waals surface area contributed by atoms with Gasteiger partial charge in [-0.05, 0) is 38.3 Å². The fraction of sp³-hybridized carbons (Fsp3) is 0.455. The summed E-state index contributed by atoms with van der Waals surface area (Å²) < 4.78 is 0. The lowest BCUT2D eigenvalue weighted by atomic mass is 9.73. The number of carbonyl (C=O) groups is 1. The first kappa shape index (κ1) is 9.34. The van der Waals surface area contributed by atoms with E-state index in [0.717, 1.165) is 25.0 Å². The molecule has 0 amide bonds. The van der Waals surface area contributed by atoms with Crippen LogP contribution < -0.4 is 5.73 Å². The lowest BCUT2D eigenvalue weighted by Gasteiger charge is -2.36. The second-order valence-corrected chi connectivity index (χ2v) is 4.03. The van der Waals surface area contributed by atoms with Crippen molar-refractivity contribution in [2.45, 2.75) is 31.7 Å². The van der Waals surface area contributed by atoms with Gasteiger partial charge in [0.2, 0.25) is 0 Å². The van der Waals surface area contributed by atoms with Crippen molar-refractivity contribution in [2.24, 2.45) is 5.73 Å². The number of aromatic nitrogens is 1. The predicted octanol–water partition coefficient (Wildman–Crippen LogP) is 1.45. The van der Waals surface area contributed by atoms with Crippen LogP contribution in [-0.4, -0.2) is 16.3 Å². The molecule has 14 heavy (non-hydrogen) atoms. The van der Waals surface area contributed by atoms with Crippen LogP contribution in [0.5, 0.6) is 0 Å². The van der Waals surface area contributed by atoms with Crippen LogP contribution >= 0.6 is 0 Å². The van der Waals surface area contributed by atoms with Crippen LogP contribution in [0.25, 0.3) is 0 Å². The van der Waals surface area contributed by atoms with Crippen molar-refractivity contribution in [3.63, 3.8) is 0 Å². The monoisotopic (exact) mass is 190 g/mol.